The van der Waals surface area contributed by atoms with Crippen molar-refractivity contribution in [1.29, 1.82) is 0 Å². The van der Waals surface area contributed by atoms with Crippen molar-refractivity contribution >= 4 is 22.9 Å². The Morgan fingerprint density at radius 1 is 1.15 bits per heavy atom. The molecule has 0 bridgehead atoms. The van der Waals surface area contributed by atoms with E-state index < -0.39 is 0 Å². The number of benzene rings is 2. The molecule has 1 aromatic heterocycles. The summed E-state index contributed by atoms with van der Waals surface area (Å²) in [5, 5.41) is 2.90. The number of amides is 1. The number of nitrogens with zero attached hydrogens (tertiary/aromatic N) is 3. The number of nitrogens with one attached hydrogen (secondary N) is 1. The van der Waals surface area contributed by atoms with Crippen LogP contribution in [0.25, 0.3) is 11.0 Å². The smallest absolute Gasteiger partial charge is 0.231 e. The summed E-state index contributed by atoms with van der Waals surface area (Å²) in [4.78, 5) is 19.4. The number of fused-ring (bicyclic) bond motifs is 1. The second kappa shape index (κ2) is 8.77. The molecule has 0 spiro atoms. The Morgan fingerprint density at radius 3 is 2.67 bits per heavy atom. The maximum Gasteiger partial charge on any atom is 0.231 e. The summed E-state index contributed by atoms with van der Waals surface area (Å²) in [5.74, 6) is -0.0171. The number of para-hydroxylation sites is 2. The maximum absolute atomic E-state index is 13.3. The first-order chi connectivity index (χ1) is 13.1. The first kappa shape index (κ1) is 19.0. The van der Waals surface area contributed by atoms with E-state index in [4.69, 9.17) is 0 Å². The molecule has 0 aliphatic rings. The average molecular weight is 368 g/mol. The molecule has 6 heteroatoms. The third-order valence-electron chi connectivity index (χ3n) is 4.69. The summed E-state index contributed by atoms with van der Waals surface area (Å²) in [6, 6.07) is 13.9. The van der Waals surface area contributed by atoms with Crippen LogP contribution in [0.1, 0.15) is 19.4 Å². The number of carbonyl (C=O) groups excluding carboxylic acids is 1. The van der Waals surface area contributed by atoms with E-state index in [1.54, 1.807) is 12.1 Å². The van der Waals surface area contributed by atoms with E-state index in [0.717, 1.165) is 37.2 Å². The molecular weight excluding hydrogens is 343 g/mol. The zero-order chi connectivity index (χ0) is 19.2. The van der Waals surface area contributed by atoms with Crippen LogP contribution in [0.5, 0.6) is 0 Å². The molecule has 0 aliphatic heterocycles. The lowest BCUT2D eigenvalue weighted by atomic mass is 10.1. The van der Waals surface area contributed by atoms with Crippen LogP contribution >= 0.6 is 0 Å². The van der Waals surface area contributed by atoms with Crippen LogP contribution in [0.2, 0.25) is 0 Å². The number of halogens is 1. The molecule has 3 aromatic rings. The van der Waals surface area contributed by atoms with Crippen molar-refractivity contribution in [3.63, 3.8) is 0 Å². The topological polar surface area (TPSA) is 50.2 Å². The van der Waals surface area contributed by atoms with Crippen molar-refractivity contribution < 1.29 is 9.18 Å². The van der Waals surface area contributed by atoms with Crippen molar-refractivity contribution in [3.8, 4) is 0 Å². The number of aromatic nitrogens is 2. The summed E-state index contributed by atoms with van der Waals surface area (Å²) in [6.45, 7) is 7.83. The lowest BCUT2D eigenvalue weighted by Crippen LogP contribution is -2.28. The van der Waals surface area contributed by atoms with E-state index in [0.29, 0.717) is 11.5 Å². The quantitative estimate of drug-likeness (QED) is 0.660. The molecule has 0 saturated carbocycles. The molecule has 3 rings (SSSR count). The molecule has 0 fully saturated rings. The Hall–Kier alpha value is -2.73. The van der Waals surface area contributed by atoms with Gasteiger partial charge in [0.05, 0.1) is 17.5 Å². The molecule has 0 radical (unpaired) electrons. The highest BCUT2D eigenvalue weighted by Gasteiger charge is 2.14. The minimum Gasteiger partial charge on any atom is -0.309 e. The molecule has 1 amide bonds. The minimum absolute atomic E-state index is 0.108. The van der Waals surface area contributed by atoms with Crippen LogP contribution in [0.3, 0.4) is 0 Å². The predicted octanol–water partition coefficient (Wildman–Crippen LogP) is 3.70. The Kier molecular flexibility index (Phi) is 6.19. The zero-order valence-corrected chi connectivity index (χ0v) is 15.8. The van der Waals surface area contributed by atoms with Crippen molar-refractivity contribution in [2.45, 2.75) is 26.8 Å². The van der Waals surface area contributed by atoms with Gasteiger partial charge in [0.2, 0.25) is 11.9 Å². The number of hydrogen-bond acceptors (Lipinski definition) is 3. The number of anilines is 1. The van der Waals surface area contributed by atoms with Crippen molar-refractivity contribution in [3.05, 3.63) is 59.9 Å². The highest BCUT2D eigenvalue weighted by atomic mass is 19.1. The molecule has 1 N–H and O–H groups in total. The Morgan fingerprint density at radius 2 is 1.93 bits per heavy atom. The van der Waals surface area contributed by atoms with Crippen molar-refractivity contribution in [1.82, 2.24) is 14.5 Å². The van der Waals surface area contributed by atoms with Crippen molar-refractivity contribution in [2.75, 3.05) is 25.0 Å². The fraction of sp³-hybridized carbons (Fsp3) is 0.333. The number of imidazole rings is 1. The second-order valence-corrected chi connectivity index (χ2v) is 6.46. The second-order valence-electron chi connectivity index (χ2n) is 6.46. The van der Waals surface area contributed by atoms with Crippen LogP contribution in [0, 0.1) is 5.82 Å². The molecule has 0 atom stereocenters. The number of likely N-dealkylation sites (N-methyl/N-ethyl adjacent to an activating group) is 1. The van der Waals surface area contributed by atoms with Crippen molar-refractivity contribution in [2.24, 2.45) is 0 Å². The van der Waals surface area contributed by atoms with E-state index in [2.05, 4.69) is 29.0 Å². The third-order valence-corrected chi connectivity index (χ3v) is 4.69. The fourth-order valence-electron chi connectivity index (χ4n) is 3.18. The zero-order valence-electron chi connectivity index (χ0n) is 15.8. The van der Waals surface area contributed by atoms with E-state index in [1.807, 2.05) is 28.8 Å². The van der Waals surface area contributed by atoms with Gasteiger partial charge in [0.25, 0.3) is 0 Å². The van der Waals surface area contributed by atoms with Crippen LogP contribution < -0.4 is 5.32 Å². The summed E-state index contributed by atoms with van der Waals surface area (Å²) in [6.07, 6.45) is 0.108. The maximum atomic E-state index is 13.3. The van der Waals surface area contributed by atoms with Gasteiger partial charge in [-0.1, -0.05) is 38.1 Å². The van der Waals surface area contributed by atoms with Gasteiger partial charge < -0.3 is 9.47 Å². The summed E-state index contributed by atoms with van der Waals surface area (Å²) in [7, 11) is 0. The van der Waals surface area contributed by atoms with Gasteiger partial charge in [0.1, 0.15) is 5.82 Å². The van der Waals surface area contributed by atoms with Gasteiger partial charge in [-0.05, 0) is 42.9 Å². The molecule has 27 heavy (non-hydrogen) atoms. The van der Waals surface area contributed by atoms with Crippen LogP contribution in [0.15, 0.2) is 48.5 Å². The normalized spacial score (nSPS) is 11.3. The molecule has 2 aromatic carbocycles. The Bertz CT molecular complexity index is 917. The molecular formula is C21H25FN4O. The highest BCUT2D eigenvalue weighted by molar-refractivity contribution is 5.92. The van der Waals surface area contributed by atoms with Crippen LogP contribution in [-0.4, -0.2) is 40.0 Å². The monoisotopic (exact) mass is 368 g/mol. The molecule has 142 valence electrons. The van der Waals surface area contributed by atoms with Gasteiger partial charge in [-0.15, -0.1) is 0 Å². The first-order valence-electron chi connectivity index (χ1n) is 9.32. The fourth-order valence-corrected chi connectivity index (χ4v) is 3.18. The van der Waals surface area contributed by atoms with Gasteiger partial charge in [0, 0.05) is 13.1 Å². The average Bonchev–Trinajstić information content (AvgIpc) is 2.99. The summed E-state index contributed by atoms with van der Waals surface area (Å²) in [5.41, 5.74) is 2.47. The van der Waals surface area contributed by atoms with Gasteiger partial charge in [-0.3, -0.25) is 10.1 Å². The molecule has 5 nitrogen and oxygen atoms in total. The van der Waals surface area contributed by atoms with E-state index >= 15 is 0 Å². The van der Waals surface area contributed by atoms with Gasteiger partial charge in [0.15, 0.2) is 0 Å². The third kappa shape index (κ3) is 4.71. The van der Waals surface area contributed by atoms with Gasteiger partial charge >= 0.3 is 0 Å². The Balaban J connectivity index is 1.80. The number of hydrogen-bond donors (Lipinski definition) is 1. The lowest BCUT2D eigenvalue weighted by molar-refractivity contribution is -0.115. The van der Waals surface area contributed by atoms with Gasteiger partial charge in [-0.25, -0.2) is 9.37 Å². The SMILES string of the molecule is CCN(CC)CCn1c(NC(=O)Cc2cccc(F)c2)nc2ccccc21. The highest BCUT2D eigenvalue weighted by Crippen LogP contribution is 2.20. The minimum atomic E-state index is -0.341. The summed E-state index contributed by atoms with van der Waals surface area (Å²) < 4.78 is 15.4. The summed E-state index contributed by atoms with van der Waals surface area (Å²) >= 11 is 0. The molecule has 0 saturated heterocycles. The molecule has 0 unspecified atom stereocenters. The number of rotatable bonds is 8. The van der Waals surface area contributed by atoms with Crippen LogP contribution in [-0.2, 0) is 17.8 Å². The van der Waals surface area contributed by atoms with Crippen LogP contribution in [0.4, 0.5) is 10.3 Å². The van der Waals surface area contributed by atoms with Gasteiger partial charge in [-0.2, -0.15) is 0 Å². The first-order valence-corrected chi connectivity index (χ1v) is 9.32. The van der Waals surface area contributed by atoms with E-state index in [-0.39, 0.29) is 18.1 Å². The van der Waals surface area contributed by atoms with E-state index in [1.165, 1.54) is 12.1 Å². The predicted molar refractivity (Wildman–Crippen MR) is 106 cm³/mol. The number of carbonyl (C=O) groups is 1. The van der Waals surface area contributed by atoms with E-state index in [9.17, 15) is 9.18 Å². The molecule has 0 aliphatic carbocycles. The standard InChI is InChI=1S/C21H25FN4O/c1-3-25(4-2)12-13-26-19-11-6-5-10-18(19)23-21(26)24-20(27)15-16-8-7-9-17(22)14-16/h5-11,14H,3-4,12-13,15H2,1-2H3,(H,23,24,27). The largest absolute Gasteiger partial charge is 0.309 e. The lowest BCUT2D eigenvalue weighted by Gasteiger charge is -2.19. The molecule has 1 heterocycles. The Labute approximate surface area is 158 Å².